The highest BCUT2D eigenvalue weighted by molar-refractivity contribution is 5.86. The van der Waals surface area contributed by atoms with Crippen molar-refractivity contribution in [3.8, 4) is 22.5 Å². The largest absolute Gasteiger partial charge is 0.390 e. The zero-order valence-electron chi connectivity index (χ0n) is 20.6. The average Bonchev–Trinajstić information content (AvgIpc) is 3.29. The normalized spacial score (nSPS) is 21.6. The molecular formula is C28H25F3N6O. The maximum Gasteiger partial charge on any atom is 0.389 e. The van der Waals surface area contributed by atoms with Gasteiger partial charge < -0.3 is 10.8 Å². The summed E-state index contributed by atoms with van der Waals surface area (Å²) in [6, 6.07) is 20.7. The van der Waals surface area contributed by atoms with Crippen molar-refractivity contribution in [3.63, 3.8) is 0 Å². The van der Waals surface area contributed by atoms with Crippen molar-refractivity contribution < 1.29 is 18.3 Å². The maximum atomic E-state index is 12.9. The highest BCUT2D eigenvalue weighted by atomic mass is 19.4. The fourth-order valence-electron chi connectivity index (χ4n) is 5.42. The molecule has 0 spiro atoms. The van der Waals surface area contributed by atoms with E-state index >= 15 is 0 Å². The third-order valence-corrected chi connectivity index (χ3v) is 7.07. The number of nitrogens with two attached hydrogens (primary N) is 1. The fraction of sp³-hybridized carbons (Fsp3) is 0.286. The molecule has 7 nitrogen and oxygen atoms in total. The Kier molecular flexibility index (Phi) is 5.51. The predicted octanol–water partition coefficient (Wildman–Crippen LogP) is 5.20. The minimum atomic E-state index is -4.31. The number of fused-ring (bicyclic) bond motifs is 3. The number of rotatable bonds is 5. The molecular weight excluding hydrogens is 493 g/mol. The van der Waals surface area contributed by atoms with E-state index in [-0.39, 0.29) is 12.2 Å². The Bertz CT molecular complexity index is 1640. The minimum Gasteiger partial charge on any atom is -0.390 e. The van der Waals surface area contributed by atoms with Crippen LogP contribution in [0.25, 0.3) is 39.3 Å². The van der Waals surface area contributed by atoms with E-state index in [2.05, 4.69) is 10.2 Å². The number of halogens is 3. The van der Waals surface area contributed by atoms with Gasteiger partial charge in [0.15, 0.2) is 11.3 Å². The number of alkyl halides is 3. The van der Waals surface area contributed by atoms with Gasteiger partial charge in [-0.2, -0.15) is 13.2 Å². The first kappa shape index (κ1) is 24.4. The number of aryl methyl sites for hydroxylation is 1. The van der Waals surface area contributed by atoms with Crippen LogP contribution in [0, 0.1) is 0 Å². The topological polar surface area (TPSA) is 102 Å². The maximum absolute atomic E-state index is 12.9. The molecule has 38 heavy (non-hydrogen) atoms. The number of nitrogens with zero attached hydrogens (tertiary/aromatic N) is 5. The molecule has 1 aliphatic carbocycles. The second kappa shape index (κ2) is 8.57. The summed E-state index contributed by atoms with van der Waals surface area (Å²) in [6.07, 6.45) is -4.67. The third-order valence-electron chi connectivity index (χ3n) is 7.07. The summed E-state index contributed by atoms with van der Waals surface area (Å²) in [5.41, 5.74) is 10.3. The van der Waals surface area contributed by atoms with Gasteiger partial charge in [-0.05, 0) is 37.5 Å². The van der Waals surface area contributed by atoms with Crippen LogP contribution in [0.5, 0.6) is 0 Å². The molecule has 3 aromatic heterocycles. The number of aromatic nitrogens is 5. The van der Waals surface area contributed by atoms with Crippen LogP contribution in [0.2, 0.25) is 0 Å². The Morgan fingerprint density at radius 2 is 1.55 bits per heavy atom. The lowest BCUT2D eigenvalue weighted by Gasteiger charge is -2.49. The molecule has 0 atom stereocenters. The zero-order chi connectivity index (χ0) is 26.7. The van der Waals surface area contributed by atoms with Gasteiger partial charge in [-0.25, -0.2) is 9.97 Å². The second-order valence-electron chi connectivity index (χ2n) is 10.3. The van der Waals surface area contributed by atoms with Crippen LogP contribution in [-0.2, 0) is 12.0 Å². The lowest BCUT2D eigenvalue weighted by molar-refractivity contribution is -0.134. The lowest BCUT2D eigenvalue weighted by atomic mass is 9.63. The quantitative estimate of drug-likeness (QED) is 0.332. The Morgan fingerprint density at radius 3 is 2.21 bits per heavy atom. The molecule has 1 fully saturated rings. The molecule has 6 rings (SSSR count). The summed E-state index contributed by atoms with van der Waals surface area (Å²) in [7, 11) is 0. The van der Waals surface area contributed by atoms with Gasteiger partial charge in [-0.1, -0.05) is 54.6 Å². The predicted molar refractivity (Wildman–Crippen MR) is 137 cm³/mol. The summed E-state index contributed by atoms with van der Waals surface area (Å²) in [4.78, 5) is 9.84. The van der Waals surface area contributed by atoms with E-state index in [4.69, 9.17) is 15.7 Å². The standard InChI is InChI=1S/C28H25F3N6O/c1-26(38)15-27(32,16-26)19-9-7-18(8-10-19)23-24(17-5-3-2-4-6-17)34-25-20(33-23)11-12-21-35-36-22(37(21)25)13-14-28(29,30)31/h2-12,38H,13-16,32H2,1H3/t26-,27+. The molecule has 10 heteroatoms. The van der Waals surface area contributed by atoms with Crippen molar-refractivity contribution in [1.29, 1.82) is 0 Å². The summed E-state index contributed by atoms with van der Waals surface area (Å²) in [5, 5.41) is 18.3. The summed E-state index contributed by atoms with van der Waals surface area (Å²) < 4.78 is 40.4. The molecule has 0 unspecified atom stereocenters. The Morgan fingerprint density at radius 1 is 0.895 bits per heavy atom. The van der Waals surface area contributed by atoms with Crippen molar-refractivity contribution in [2.24, 2.45) is 5.73 Å². The van der Waals surface area contributed by atoms with Gasteiger partial charge >= 0.3 is 6.18 Å². The van der Waals surface area contributed by atoms with Crippen molar-refractivity contribution in [3.05, 3.63) is 78.1 Å². The van der Waals surface area contributed by atoms with Gasteiger partial charge in [0.05, 0.1) is 23.4 Å². The summed E-state index contributed by atoms with van der Waals surface area (Å²) >= 11 is 0. The van der Waals surface area contributed by atoms with Crippen LogP contribution in [-0.4, -0.2) is 41.4 Å². The van der Waals surface area contributed by atoms with E-state index in [1.807, 2.05) is 54.6 Å². The van der Waals surface area contributed by atoms with Gasteiger partial charge in [-0.15, -0.1) is 10.2 Å². The van der Waals surface area contributed by atoms with Crippen LogP contribution in [0.15, 0.2) is 66.7 Å². The van der Waals surface area contributed by atoms with Gasteiger partial charge in [-0.3, -0.25) is 4.40 Å². The van der Waals surface area contributed by atoms with E-state index in [0.29, 0.717) is 41.0 Å². The molecule has 0 amide bonds. The average molecular weight is 519 g/mol. The minimum absolute atomic E-state index is 0.179. The fourth-order valence-corrected chi connectivity index (χ4v) is 5.42. The second-order valence-corrected chi connectivity index (χ2v) is 10.3. The van der Waals surface area contributed by atoms with Gasteiger partial charge in [0, 0.05) is 23.1 Å². The van der Waals surface area contributed by atoms with Crippen molar-refractivity contribution >= 4 is 16.8 Å². The first-order valence-corrected chi connectivity index (χ1v) is 12.3. The number of pyridine rings is 1. The smallest absolute Gasteiger partial charge is 0.389 e. The molecule has 0 aliphatic heterocycles. The molecule has 1 aliphatic rings. The molecule has 194 valence electrons. The van der Waals surface area contributed by atoms with Crippen molar-refractivity contribution in [1.82, 2.24) is 24.6 Å². The van der Waals surface area contributed by atoms with Crippen LogP contribution < -0.4 is 5.73 Å². The highest BCUT2D eigenvalue weighted by Crippen LogP contribution is 2.46. The van der Waals surface area contributed by atoms with Crippen LogP contribution in [0.3, 0.4) is 0 Å². The number of aliphatic hydroxyl groups is 1. The lowest BCUT2D eigenvalue weighted by Crippen LogP contribution is -2.58. The van der Waals surface area contributed by atoms with Crippen molar-refractivity contribution in [2.75, 3.05) is 0 Å². The summed E-state index contributed by atoms with van der Waals surface area (Å²) in [6.45, 7) is 1.78. The van der Waals surface area contributed by atoms with Gasteiger partial charge in [0.1, 0.15) is 11.3 Å². The molecule has 3 N–H and O–H groups in total. The van der Waals surface area contributed by atoms with E-state index in [9.17, 15) is 18.3 Å². The summed E-state index contributed by atoms with van der Waals surface area (Å²) in [5.74, 6) is 0.179. The van der Waals surface area contributed by atoms with Gasteiger partial charge in [0.25, 0.3) is 0 Å². The number of hydrogen-bond donors (Lipinski definition) is 2. The molecule has 5 aromatic rings. The number of hydrogen-bond acceptors (Lipinski definition) is 6. The zero-order valence-corrected chi connectivity index (χ0v) is 20.6. The third kappa shape index (κ3) is 4.39. The molecule has 1 saturated carbocycles. The molecule has 3 heterocycles. The van der Waals surface area contributed by atoms with Gasteiger partial charge in [0.2, 0.25) is 0 Å². The molecule has 0 saturated heterocycles. The molecule has 0 bridgehead atoms. The Balaban J connectivity index is 1.49. The Hall–Kier alpha value is -3.89. The Labute approximate surface area is 216 Å². The van der Waals surface area contributed by atoms with Crippen LogP contribution >= 0.6 is 0 Å². The van der Waals surface area contributed by atoms with Crippen LogP contribution in [0.4, 0.5) is 13.2 Å². The van der Waals surface area contributed by atoms with E-state index in [1.165, 1.54) is 0 Å². The molecule has 0 radical (unpaired) electrons. The first-order chi connectivity index (χ1) is 18.0. The SMILES string of the molecule is C[C@]1(O)C[C@](N)(c2ccc(-c3nc4ccc5nnc(CCC(F)(F)F)n5c4nc3-c3ccccc3)cc2)C1. The monoisotopic (exact) mass is 518 g/mol. The van der Waals surface area contributed by atoms with E-state index in [0.717, 1.165) is 16.7 Å². The number of benzene rings is 2. The van der Waals surface area contributed by atoms with E-state index < -0.39 is 23.7 Å². The van der Waals surface area contributed by atoms with Crippen molar-refractivity contribution in [2.45, 2.75) is 49.9 Å². The first-order valence-electron chi connectivity index (χ1n) is 12.3. The highest BCUT2D eigenvalue weighted by Gasteiger charge is 2.49. The van der Waals surface area contributed by atoms with Crippen LogP contribution in [0.1, 0.15) is 37.6 Å². The van der Waals surface area contributed by atoms with E-state index in [1.54, 1.807) is 23.5 Å². The molecule has 2 aromatic carbocycles.